The summed E-state index contributed by atoms with van der Waals surface area (Å²) < 4.78 is 0. The smallest absolute Gasteiger partial charge is 0.184 e. The molecule has 2 aromatic rings. The second-order valence-corrected chi connectivity index (χ2v) is 5.66. The van der Waals surface area contributed by atoms with Crippen LogP contribution in [-0.2, 0) is 0 Å². The molecule has 0 bridgehead atoms. The Hall–Kier alpha value is -1.26. The van der Waals surface area contributed by atoms with Crippen LogP contribution >= 0.6 is 23.2 Å². The summed E-state index contributed by atoms with van der Waals surface area (Å²) in [7, 11) is 0. The van der Waals surface area contributed by atoms with Crippen LogP contribution in [0.15, 0.2) is 12.1 Å². The van der Waals surface area contributed by atoms with Gasteiger partial charge in [-0.15, -0.1) is 0 Å². The minimum Gasteiger partial charge on any atom is -0.397 e. The van der Waals surface area contributed by atoms with Crippen LogP contribution in [0.5, 0.6) is 0 Å². The van der Waals surface area contributed by atoms with E-state index >= 15 is 0 Å². The largest absolute Gasteiger partial charge is 0.397 e. The third kappa shape index (κ3) is 2.30. The van der Waals surface area contributed by atoms with Gasteiger partial charge in [-0.3, -0.25) is 5.10 Å². The van der Waals surface area contributed by atoms with Crippen molar-refractivity contribution in [3.05, 3.63) is 28.0 Å². The Morgan fingerprint density at radius 2 is 1.84 bits per heavy atom. The van der Waals surface area contributed by atoms with E-state index in [4.69, 9.17) is 28.9 Å². The summed E-state index contributed by atoms with van der Waals surface area (Å²) in [4.78, 5) is 4.54. The van der Waals surface area contributed by atoms with Gasteiger partial charge in [0.15, 0.2) is 5.82 Å². The summed E-state index contributed by atoms with van der Waals surface area (Å²) in [5.41, 5.74) is 7.00. The van der Waals surface area contributed by atoms with Gasteiger partial charge in [-0.25, -0.2) is 4.98 Å². The fourth-order valence-electron chi connectivity index (χ4n) is 2.56. The molecule has 100 valence electrons. The number of nitrogens with zero attached hydrogens (tertiary/aromatic N) is 2. The number of nitrogens with one attached hydrogen (secondary N) is 1. The Kier molecular flexibility index (Phi) is 3.37. The molecule has 3 rings (SSSR count). The lowest BCUT2D eigenvalue weighted by Gasteiger charge is -2.06. The molecule has 3 N–H and O–H groups in total. The second kappa shape index (κ2) is 5.02. The first-order valence-electron chi connectivity index (χ1n) is 6.33. The fourth-order valence-corrected chi connectivity index (χ4v) is 2.97. The molecular weight excluding hydrogens is 283 g/mol. The minimum atomic E-state index is 0.422. The van der Waals surface area contributed by atoms with Crippen LogP contribution in [0.1, 0.15) is 37.4 Å². The lowest BCUT2D eigenvalue weighted by Crippen LogP contribution is -1.96. The summed E-state index contributed by atoms with van der Waals surface area (Å²) >= 11 is 12.2. The number of hydrogen-bond donors (Lipinski definition) is 2. The zero-order chi connectivity index (χ0) is 13.4. The van der Waals surface area contributed by atoms with Gasteiger partial charge >= 0.3 is 0 Å². The first kappa shape index (κ1) is 12.8. The molecular formula is C13H14Cl2N4. The van der Waals surface area contributed by atoms with Gasteiger partial charge in [0.2, 0.25) is 0 Å². The monoisotopic (exact) mass is 296 g/mol. The molecule has 0 spiro atoms. The lowest BCUT2D eigenvalue weighted by atomic mass is 10.1. The number of benzene rings is 1. The zero-order valence-corrected chi connectivity index (χ0v) is 11.8. The average Bonchev–Trinajstić information content (AvgIpc) is 3.04. The van der Waals surface area contributed by atoms with E-state index in [9.17, 15) is 0 Å². The highest BCUT2D eigenvalue weighted by molar-refractivity contribution is 6.37. The zero-order valence-electron chi connectivity index (χ0n) is 10.3. The highest BCUT2D eigenvalue weighted by Gasteiger charge is 2.22. The fraction of sp³-hybridized carbons (Fsp3) is 0.385. The number of hydrogen-bond acceptors (Lipinski definition) is 3. The molecule has 6 heteroatoms. The van der Waals surface area contributed by atoms with Crippen molar-refractivity contribution in [2.75, 3.05) is 5.73 Å². The van der Waals surface area contributed by atoms with Crippen molar-refractivity contribution in [1.82, 2.24) is 15.2 Å². The maximum Gasteiger partial charge on any atom is 0.184 e. The molecule has 0 aliphatic heterocycles. The summed E-state index contributed by atoms with van der Waals surface area (Å²) in [6.45, 7) is 0. The highest BCUT2D eigenvalue weighted by Crippen LogP contribution is 2.37. The molecule has 0 atom stereocenters. The van der Waals surface area contributed by atoms with Crippen LogP contribution in [0.3, 0.4) is 0 Å². The number of anilines is 1. The van der Waals surface area contributed by atoms with Crippen molar-refractivity contribution in [3.63, 3.8) is 0 Å². The molecule has 0 saturated heterocycles. The molecule has 4 nitrogen and oxygen atoms in total. The molecule has 0 amide bonds. The lowest BCUT2D eigenvalue weighted by molar-refractivity contribution is 0.672. The maximum atomic E-state index is 6.17. The molecule has 1 saturated carbocycles. The minimum absolute atomic E-state index is 0.422. The molecule has 0 radical (unpaired) electrons. The highest BCUT2D eigenvalue weighted by atomic mass is 35.5. The molecule has 1 fully saturated rings. The molecule has 1 aliphatic rings. The Morgan fingerprint density at radius 1 is 1.16 bits per heavy atom. The van der Waals surface area contributed by atoms with E-state index in [1.165, 1.54) is 12.8 Å². The van der Waals surface area contributed by atoms with Gasteiger partial charge in [0, 0.05) is 5.92 Å². The van der Waals surface area contributed by atoms with E-state index in [0.29, 0.717) is 33.0 Å². The van der Waals surface area contributed by atoms with Crippen molar-refractivity contribution in [3.8, 4) is 11.4 Å². The van der Waals surface area contributed by atoms with Crippen LogP contribution in [0, 0.1) is 0 Å². The van der Waals surface area contributed by atoms with Gasteiger partial charge in [0.25, 0.3) is 0 Å². The second-order valence-electron chi connectivity index (χ2n) is 4.84. The molecule has 1 aliphatic carbocycles. The summed E-state index contributed by atoms with van der Waals surface area (Å²) in [5.74, 6) is 1.91. The predicted molar refractivity (Wildman–Crippen MR) is 77.5 cm³/mol. The number of aromatic amines is 1. The molecule has 19 heavy (non-hydrogen) atoms. The van der Waals surface area contributed by atoms with Crippen molar-refractivity contribution < 1.29 is 0 Å². The number of halogens is 2. The van der Waals surface area contributed by atoms with E-state index in [1.54, 1.807) is 12.1 Å². The molecule has 0 unspecified atom stereocenters. The summed E-state index contributed by atoms with van der Waals surface area (Å²) in [6, 6.07) is 3.38. The Labute approximate surface area is 121 Å². The van der Waals surface area contributed by atoms with Crippen molar-refractivity contribution in [1.29, 1.82) is 0 Å². The quantitative estimate of drug-likeness (QED) is 0.823. The number of H-pyrrole nitrogens is 1. The van der Waals surface area contributed by atoms with Crippen LogP contribution in [-0.4, -0.2) is 15.2 Å². The SMILES string of the molecule is Nc1c(Cl)ccc(Cl)c1-c1n[nH]c(C2CCCC2)n1. The summed E-state index contributed by atoms with van der Waals surface area (Å²) in [5, 5.41) is 8.21. The van der Waals surface area contributed by atoms with Crippen LogP contribution < -0.4 is 5.73 Å². The Bertz CT molecular complexity index is 603. The number of nitrogen functional groups attached to an aromatic ring is 1. The van der Waals surface area contributed by atoms with Gasteiger partial charge in [0.1, 0.15) is 5.82 Å². The first-order valence-corrected chi connectivity index (χ1v) is 7.08. The number of aromatic nitrogens is 3. The van der Waals surface area contributed by atoms with E-state index in [1.807, 2.05) is 0 Å². The number of nitrogens with two attached hydrogens (primary N) is 1. The predicted octanol–water partition coefficient (Wildman–Crippen LogP) is 4.02. The standard InChI is InChI=1S/C13H14Cl2N4/c14-8-5-6-9(15)11(16)10(8)13-17-12(18-19-13)7-3-1-2-4-7/h5-7H,1-4,16H2,(H,17,18,19). The van der Waals surface area contributed by atoms with Gasteiger partial charge in [-0.05, 0) is 25.0 Å². The number of rotatable bonds is 2. The molecule has 1 aromatic carbocycles. The van der Waals surface area contributed by atoms with Gasteiger partial charge in [0.05, 0.1) is 21.3 Å². The maximum absolute atomic E-state index is 6.17. The van der Waals surface area contributed by atoms with Crippen LogP contribution in [0.2, 0.25) is 10.0 Å². The topological polar surface area (TPSA) is 67.6 Å². The third-order valence-corrected chi connectivity index (χ3v) is 4.25. The molecule has 1 aromatic heterocycles. The van der Waals surface area contributed by atoms with Gasteiger partial charge < -0.3 is 5.73 Å². The van der Waals surface area contributed by atoms with Gasteiger partial charge in [-0.1, -0.05) is 36.0 Å². The van der Waals surface area contributed by atoms with Crippen molar-refractivity contribution in [2.24, 2.45) is 0 Å². The van der Waals surface area contributed by atoms with Crippen LogP contribution in [0.25, 0.3) is 11.4 Å². The summed E-state index contributed by atoms with van der Waals surface area (Å²) in [6.07, 6.45) is 4.82. The van der Waals surface area contributed by atoms with E-state index in [2.05, 4.69) is 15.2 Å². The van der Waals surface area contributed by atoms with Gasteiger partial charge in [-0.2, -0.15) is 5.10 Å². The van der Waals surface area contributed by atoms with Crippen molar-refractivity contribution >= 4 is 28.9 Å². The molecule has 1 heterocycles. The van der Waals surface area contributed by atoms with E-state index < -0.39 is 0 Å². The average molecular weight is 297 g/mol. The first-order chi connectivity index (χ1) is 9.16. The normalized spacial score (nSPS) is 16.1. The third-order valence-electron chi connectivity index (χ3n) is 3.61. The van der Waals surface area contributed by atoms with Crippen LogP contribution in [0.4, 0.5) is 5.69 Å². The Morgan fingerprint density at radius 3 is 2.58 bits per heavy atom. The Balaban J connectivity index is 2.01. The van der Waals surface area contributed by atoms with E-state index in [0.717, 1.165) is 18.7 Å². The van der Waals surface area contributed by atoms with Crippen molar-refractivity contribution in [2.45, 2.75) is 31.6 Å². The van der Waals surface area contributed by atoms with E-state index in [-0.39, 0.29) is 0 Å².